The van der Waals surface area contributed by atoms with Crippen LogP contribution in [0.4, 0.5) is 5.69 Å². The van der Waals surface area contributed by atoms with Gasteiger partial charge in [-0.2, -0.15) is 0 Å². The Balaban J connectivity index is 1.79. The van der Waals surface area contributed by atoms with Crippen LogP contribution in [-0.4, -0.2) is 29.6 Å². The van der Waals surface area contributed by atoms with Crippen molar-refractivity contribution in [2.24, 2.45) is 0 Å². The first-order valence-electron chi connectivity index (χ1n) is 8.31. The third kappa shape index (κ3) is 2.73. The van der Waals surface area contributed by atoms with E-state index in [4.69, 9.17) is 5.73 Å². The topological polar surface area (TPSA) is 34.2 Å². The predicted octanol–water partition coefficient (Wildman–Crippen LogP) is 3.69. The SMILES string of the molecule is CN1CCC(c2cn(Cc3ccccc3)c3ccc(N)cc23)C1. The Kier molecular flexibility index (Phi) is 3.58. The molecule has 0 radical (unpaired) electrons. The summed E-state index contributed by atoms with van der Waals surface area (Å²) >= 11 is 0. The molecule has 3 heteroatoms. The van der Waals surface area contributed by atoms with Crippen molar-refractivity contribution in [3.63, 3.8) is 0 Å². The summed E-state index contributed by atoms with van der Waals surface area (Å²) in [5, 5.41) is 1.32. The van der Waals surface area contributed by atoms with Gasteiger partial charge in [0.1, 0.15) is 0 Å². The second kappa shape index (κ2) is 5.74. The smallest absolute Gasteiger partial charge is 0.0487 e. The number of hydrogen-bond acceptors (Lipinski definition) is 2. The fourth-order valence-corrected chi connectivity index (χ4v) is 3.77. The highest BCUT2D eigenvalue weighted by molar-refractivity contribution is 5.87. The Bertz CT molecular complexity index is 820. The van der Waals surface area contributed by atoms with Gasteiger partial charge in [0.15, 0.2) is 0 Å². The van der Waals surface area contributed by atoms with Crippen molar-refractivity contribution in [2.45, 2.75) is 18.9 Å². The highest BCUT2D eigenvalue weighted by Gasteiger charge is 2.24. The van der Waals surface area contributed by atoms with Crippen LogP contribution in [0.2, 0.25) is 0 Å². The van der Waals surface area contributed by atoms with E-state index in [1.54, 1.807) is 0 Å². The zero-order chi connectivity index (χ0) is 15.8. The van der Waals surface area contributed by atoms with Gasteiger partial charge in [0.2, 0.25) is 0 Å². The highest BCUT2D eigenvalue weighted by atomic mass is 15.1. The molecule has 0 saturated carbocycles. The zero-order valence-electron chi connectivity index (χ0n) is 13.6. The minimum atomic E-state index is 0.612. The lowest BCUT2D eigenvalue weighted by Gasteiger charge is -2.09. The quantitative estimate of drug-likeness (QED) is 0.749. The molecule has 3 nitrogen and oxygen atoms in total. The second-order valence-corrected chi connectivity index (χ2v) is 6.72. The first-order chi connectivity index (χ1) is 11.2. The molecule has 1 saturated heterocycles. The van der Waals surface area contributed by atoms with Crippen LogP contribution in [0.15, 0.2) is 54.7 Å². The van der Waals surface area contributed by atoms with E-state index in [9.17, 15) is 0 Å². The first-order valence-corrected chi connectivity index (χ1v) is 8.31. The van der Waals surface area contributed by atoms with Crippen LogP contribution < -0.4 is 5.73 Å². The molecule has 1 atom stereocenters. The van der Waals surface area contributed by atoms with Crippen molar-refractivity contribution in [1.82, 2.24) is 9.47 Å². The molecule has 0 amide bonds. The Morgan fingerprint density at radius 1 is 1.13 bits per heavy atom. The maximum absolute atomic E-state index is 6.06. The molecule has 0 spiro atoms. The highest BCUT2D eigenvalue weighted by Crippen LogP contribution is 2.34. The number of likely N-dealkylation sites (tertiary alicyclic amines) is 1. The minimum Gasteiger partial charge on any atom is -0.399 e. The molecule has 1 aliphatic heterocycles. The number of nitrogen functional groups attached to an aromatic ring is 1. The fraction of sp³-hybridized carbons (Fsp3) is 0.300. The second-order valence-electron chi connectivity index (χ2n) is 6.72. The average molecular weight is 305 g/mol. The third-order valence-electron chi connectivity index (χ3n) is 4.96. The van der Waals surface area contributed by atoms with Crippen LogP contribution in [0.1, 0.15) is 23.5 Å². The maximum Gasteiger partial charge on any atom is 0.0487 e. The Morgan fingerprint density at radius 2 is 1.96 bits per heavy atom. The molecule has 1 aromatic heterocycles. The van der Waals surface area contributed by atoms with E-state index in [2.05, 4.69) is 65.2 Å². The van der Waals surface area contributed by atoms with Gasteiger partial charge in [-0.3, -0.25) is 0 Å². The number of likely N-dealkylation sites (N-methyl/N-ethyl adjacent to an activating group) is 1. The Hall–Kier alpha value is -2.26. The Labute approximate surface area is 137 Å². The lowest BCUT2D eigenvalue weighted by atomic mass is 9.98. The van der Waals surface area contributed by atoms with Crippen LogP contribution in [0.3, 0.4) is 0 Å². The van der Waals surface area contributed by atoms with Crippen LogP contribution in [0.25, 0.3) is 10.9 Å². The summed E-state index contributed by atoms with van der Waals surface area (Å²) in [5.41, 5.74) is 11.0. The molecule has 1 unspecified atom stereocenters. The summed E-state index contributed by atoms with van der Waals surface area (Å²) < 4.78 is 2.37. The standard InChI is InChI=1S/C20H23N3/c1-22-10-9-16(13-22)19-14-23(12-15-5-3-2-4-6-15)20-8-7-17(21)11-18(19)20/h2-8,11,14,16H,9-10,12-13,21H2,1H3. The molecule has 118 valence electrons. The van der Waals surface area contributed by atoms with Gasteiger partial charge in [0.05, 0.1) is 0 Å². The summed E-state index contributed by atoms with van der Waals surface area (Å²) in [7, 11) is 2.21. The number of benzene rings is 2. The van der Waals surface area contributed by atoms with Crippen molar-refractivity contribution in [2.75, 3.05) is 25.9 Å². The summed E-state index contributed by atoms with van der Waals surface area (Å²) in [5.74, 6) is 0.612. The molecule has 1 aliphatic rings. The van der Waals surface area contributed by atoms with Crippen molar-refractivity contribution >= 4 is 16.6 Å². The van der Waals surface area contributed by atoms with E-state index in [0.29, 0.717) is 5.92 Å². The van der Waals surface area contributed by atoms with Gasteiger partial charge in [-0.05, 0) is 55.3 Å². The normalized spacial score (nSPS) is 18.7. The van der Waals surface area contributed by atoms with Gasteiger partial charge < -0.3 is 15.2 Å². The van der Waals surface area contributed by atoms with Gasteiger partial charge >= 0.3 is 0 Å². The van der Waals surface area contributed by atoms with E-state index >= 15 is 0 Å². The van der Waals surface area contributed by atoms with E-state index in [1.165, 1.54) is 35.0 Å². The molecule has 23 heavy (non-hydrogen) atoms. The number of fused-ring (bicyclic) bond motifs is 1. The lowest BCUT2D eigenvalue weighted by Crippen LogP contribution is -2.13. The van der Waals surface area contributed by atoms with Gasteiger partial charge in [-0.25, -0.2) is 0 Å². The van der Waals surface area contributed by atoms with Gasteiger partial charge in [-0.1, -0.05) is 30.3 Å². The summed E-state index contributed by atoms with van der Waals surface area (Å²) in [6.45, 7) is 3.22. The predicted molar refractivity (Wildman–Crippen MR) is 96.7 cm³/mol. The molecule has 3 aromatic rings. The van der Waals surface area contributed by atoms with Crippen molar-refractivity contribution in [3.05, 3.63) is 65.9 Å². The number of anilines is 1. The molecular formula is C20H23N3. The number of hydrogen-bond donors (Lipinski definition) is 1. The Morgan fingerprint density at radius 3 is 2.70 bits per heavy atom. The monoisotopic (exact) mass is 305 g/mol. The van der Waals surface area contributed by atoms with Crippen LogP contribution in [0, 0.1) is 0 Å². The summed E-state index contributed by atoms with van der Waals surface area (Å²) in [6, 6.07) is 17.0. The van der Waals surface area contributed by atoms with Gasteiger partial charge in [0, 0.05) is 35.9 Å². The number of nitrogens with two attached hydrogens (primary N) is 1. The van der Waals surface area contributed by atoms with E-state index < -0.39 is 0 Å². The molecule has 4 rings (SSSR count). The van der Waals surface area contributed by atoms with E-state index in [0.717, 1.165) is 18.8 Å². The third-order valence-corrected chi connectivity index (χ3v) is 4.96. The maximum atomic E-state index is 6.06. The van der Waals surface area contributed by atoms with E-state index in [-0.39, 0.29) is 0 Å². The lowest BCUT2D eigenvalue weighted by molar-refractivity contribution is 0.412. The van der Waals surface area contributed by atoms with Gasteiger partial charge in [-0.15, -0.1) is 0 Å². The first kappa shape index (κ1) is 14.3. The molecule has 0 bridgehead atoms. The van der Waals surface area contributed by atoms with Crippen molar-refractivity contribution in [1.29, 1.82) is 0 Å². The largest absolute Gasteiger partial charge is 0.399 e. The van der Waals surface area contributed by atoms with Crippen LogP contribution in [0.5, 0.6) is 0 Å². The summed E-state index contributed by atoms with van der Waals surface area (Å²) in [6.07, 6.45) is 3.58. The number of aromatic nitrogens is 1. The van der Waals surface area contributed by atoms with Crippen LogP contribution in [-0.2, 0) is 6.54 Å². The van der Waals surface area contributed by atoms with Crippen LogP contribution >= 0.6 is 0 Å². The number of nitrogens with zero attached hydrogens (tertiary/aromatic N) is 2. The minimum absolute atomic E-state index is 0.612. The molecule has 1 fully saturated rings. The molecule has 2 aromatic carbocycles. The average Bonchev–Trinajstić information content (AvgIpc) is 3.12. The number of rotatable bonds is 3. The molecule has 2 heterocycles. The fourth-order valence-electron chi connectivity index (χ4n) is 3.77. The van der Waals surface area contributed by atoms with Crippen molar-refractivity contribution < 1.29 is 0 Å². The van der Waals surface area contributed by atoms with Gasteiger partial charge in [0.25, 0.3) is 0 Å². The zero-order valence-corrected chi connectivity index (χ0v) is 13.6. The van der Waals surface area contributed by atoms with Crippen molar-refractivity contribution in [3.8, 4) is 0 Å². The summed E-state index contributed by atoms with van der Waals surface area (Å²) in [4.78, 5) is 2.41. The van der Waals surface area contributed by atoms with E-state index in [1.807, 2.05) is 6.07 Å². The molecule has 2 N–H and O–H groups in total. The molecule has 0 aliphatic carbocycles. The molecular weight excluding hydrogens is 282 g/mol.